The van der Waals surface area contributed by atoms with Gasteiger partial charge in [-0.3, -0.25) is 14.4 Å². The number of carbonyl (C=O) groups excluding carboxylic acids is 2. The molecule has 4 rings (SSSR count). The van der Waals surface area contributed by atoms with Crippen LogP contribution in [0.1, 0.15) is 70.6 Å². The largest absolute Gasteiger partial charge is 0.481 e. The van der Waals surface area contributed by atoms with Gasteiger partial charge >= 0.3 is 5.97 Å². The van der Waals surface area contributed by atoms with E-state index in [4.69, 9.17) is 39.9 Å². The minimum Gasteiger partial charge on any atom is -0.481 e. The molecule has 0 aromatic heterocycles. The average Bonchev–Trinajstić information content (AvgIpc) is 3.32. The van der Waals surface area contributed by atoms with Crippen molar-refractivity contribution in [3.8, 4) is 0 Å². The van der Waals surface area contributed by atoms with Crippen molar-refractivity contribution in [2.24, 2.45) is 0 Å². The summed E-state index contributed by atoms with van der Waals surface area (Å²) in [6.45, 7) is 3.03. The van der Waals surface area contributed by atoms with Crippen LogP contribution in [-0.2, 0) is 22.7 Å². The highest BCUT2D eigenvalue weighted by atomic mass is 35.5. The number of rotatable bonds is 10. The molecule has 1 aliphatic rings. The first kappa shape index (κ1) is 28.9. The number of carboxylic acids is 1. The zero-order chi connectivity index (χ0) is 28.1. The highest BCUT2D eigenvalue weighted by Crippen LogP contribution is 2.41. The Morgan fingerprint density at radius 3 is 2.00 bits per heavy atom. The smallest absolute Gasteiger partial charge is 0.305 e. The number of aliphatic carboxylic acids is 1. The number of hydrogen-bond donors (Lipinski definition) is 2. The molecule has 9 heteroatoms. The third-order valence-electron chi connectivity index (χ3n) is 7.00. The number of amides is 2. The third-order valence-corrected chi connectivity index (χ3v) is 7.97. The molecular formula is C30H29Cl3N2O4. The first-order valence-corrected chi connectivity index (χ1v) is 13.9. The summed E-state index contributed by atoms with van der Waals surface area (Å²) in [6.07, 6.45) is 1.46. The van der Waals surface area contributed by atoms with Crippen LogP contribution in [0.15, 0.2) is 60.7 Å². The molecular weight excluding hydrogens is 559 g/mol. The minimum absolute atomic E-state index is 0.00490. The topological polar surface area (TPSA) is 86.7 Å². The summed E-state index contributed by atoms with van der Waals surface area (Å²) in [6, 6.07) is 18.2. The SMILES string of the molecule is CCCC(c1ccc(C(=O)NCCC(=O)O)cc1)C(C(=O)N1Cc2cc(Cl)c(Cl)cc2C1)c1ccc(Cl)cc1. The van der Waals surface area contributed by atoms with Crippen LogP contribution in [0, 0.1) is 0 Å². The van der Waals surface area contributed by atoms with Crippen LogP contribution >= 0.6 is 34.8 Å². The number of halogens is 3. The normalized spacial score (nSPS) is 14.0. The third kappa shape index (κ3) is 6.93. The van der Waals surface area contributed by atoms with E-state index in [0.717, 1.165) is 35.1 Å². The number of benzene rings is 3. The molecule has 1 heterocycles. The number of nitrogens with zero attached hydrogens (tertiary/aromatic N) is 1. The molecule has 0 fully saturated rings. The van der Waals surface area contributed by atoms with E-state index in [1.165, 1.54) is 0 Å². The lowest BCUT2D eigenvalue weighted by molar-refractivity contribution is -0.137. The van der Waals surface area contributed by atoms with Crippen LogP contribution in [0.3, 0.4) is 0 Å². The number of hydrogen-bond acceptors (Lipinski definition) is 3. The summed E-state index contributed by atoms with van der Waals surface area (Å²) < 4.78 is 0. The van der Waals surface area contributed by atoms with E-state index in [9.17, 15) is 14.4 Å². The van der Waals surface area contributed by atoms with Gasteiger partial charge in [0.25, 0.3) is 5.91 Å². The molecule has 0 saturated carbocycles. The molecule has 0 aliphatic carbocycles. The molecule has 0 saturated heterocycles. The molecule has 1 aliphatic heterocycles. The van der Waals surface area contributed by atoms with Gasteiger partial charge in [-0.15, -0.1) is 0 Å². The number of fused-ring (bicyclic) bond motifs is 1. The standard InChI is InChI=1S/C30H29Cl3N2O4/c1-2-3-24(18-4-6-20(7-5-18)29(38)34-13-12-27(36)37)28(19-8-10-23(31)11-9-19)30(39)35-16-21-14-25(32)26(33)15-22(21)17-35/h4-11,14-15,24,28H,2-3,12-13,16-17H2,1H3,(H,34,38)(H,36,37). The second-order valence-electron chi connectivity index (χ2n) is 9.68. The van der Waals surface area contributed by atoms with Gasteiger partial charge in [0.05, 0.1) is 22.4 Å². The Morgan fingerprint density at radius 2 is 1.46 bits per heavy atom. The van der Waals surface area contributed by atoms with Gasteiger partial charge in [0.15, 0.2) is 0 Å². The lowest BCUT2D eigenvalue weighted by atomic mass is 9.77. The van der Waals surface area contributed by atoms with Crippen molar-refractivity contribution in [1.82, 2.24) is 10.2 Å². The van der Waals surface area contributed by atoms with Gasteiger partial charge in [-0.1, -0.05) is 72.4 Å². The van der Waals surface area contributed by atoms with Crippen LogP contribution in [0.4, 0.5) is 0 Å². The van der Waals surface area contributed by atoms with Crippen molar-refractivity contribution < 1.29 is 19.5 Å². The van der Waals surface area contributed by atoms with E-state index < -0.39 is 11.9 Å². The van der Waals surface area contributed by atoms with Crippen molar-refractivity contribution in [2.75, 3.05) is 6.54 Å². The van der Waals surface area contributed by atoms with Gasteiger partial charge in [-0.05, 0) is 71.0 Å². The molecule has 0 radical (unpaired) electrons. The van der Waals surface area contributed by atoms with E-state index in [2.05, 4.69) is 12.2 Å². The Balaban J connectivity index is 1.63. The lowest BCUT2D eigenvalue weighted by Crippen LogP contribution is -2.34. The lowest BCUT2D eigenvalue weighted by Gasteiger charge is -2.31. The maximum absolute atomic E-state index is 14.2. The Hall–Kier alpha value is -3.06. The maximum Gasteiger partial charge on any atom is 0.305 e. The summed E-state index contributed by atoms with van der Waals surface area (Å²) in [4.78, 5) is 39.3. The Kier molecular flexibility index (Phi) is 9.54. The van der Waals surface area contributed by atoms with E-state index >= 15 is 0 Å². The zero-order valence-electron chi connectivity index (χ0n) is 21.4. The van der Waals surface area contributed by atoms with Gasteiger partial charge in [-0.2, -0.15) is 0 Å². The number of carboxylic acid groups (broad SMARTS) is 1. The fourth-order valence-corrected chi connectivity index (χ4v) is 5.56. The minimum atomic E-state index is -0.974. The fraction of sp³-hybridized carbons (Fsp3) is 0.300. The molecule has 2 atom stereocenters. The first-order valence-electron chi connectivity index (χ1n) is 12.8. The number of nitrogens with one attached hydrogen (secondary N) is 1. The molecule has 2 N–H and O–H groups in total. The quantitative estimate of drug-likeness (QED) is 0.266. The second kappa shape index (κ2) is 12.9. The van der Waals surface area contributed by atoms with Crippen LogP contribution in [-0.4, -0.2) is 34.3 Å². The molecule has 3 aromatic rings. The van der Waals surface area contributed by atoms with E-state index in [-0.39, 0.29) is 30.7 Å². The molecule has 2 unspecified atom stereocenters. The maximum atomic E-state index is 14.2. The van der Waals surface area contributed by atoms with Crippen molar-refractivity contribution in [1.29, 1.82) is 0 Å². The molecule has 6 nitrogen and oxygen atoms in total. The predicted molar refractivity (Wildman–Crippen MR) is 154 cm³/mol. The Morgan fingerprint density at radius 1 is 0.897 bits per heavy atom. The molecule has 3 aromatic carbocycles. The van der Waals surface area contributed by atoms with Crippen LogP contribution in [0.2, 0.25) is 15.1 Å². The summed E-state index contributed by atoms with van der Waals surface area (Å²) in [5.41, 5.74) is 4.20. The Labute approximate surface area is 242 Å². The monoisotopic (exact) mass is 586 g/mol. The van der Waals surface area contributed by atoms with E-state index in [1.54, 1.807) is 24.3 Å². The van der Waals surface area contributed by atoms with Crippen LogP contribution in [0.5, 0.6) is 0 Å². The molecule has 0 bridgehead atoms. The molecule has 0 spiro atoms. The fourth-order valence-electron chi connectivity index (χ4n) is 5.06. The Bertz CT molecular complexity index is 1330. The highest BCUT2D eigenvalue weighted by molar-refractivity contribution is 6.42. The van der Waals surface area contributed by atoms with Crippen LogP contribution < -0.4 is 5.32 Å². The van der Waals surface area contributed by atoms with Crippen molar-refractivity contribution in [2.45, 2.75) is 51.1 Å². The summed E-state index contributed by atoms with van der Waals surface area (Å²) in [5.74, 6) is -1.94. The van der Waals surface area contributed by atoms with Crippen molar-refractivity contribution in [3.05, 3.63) is 104 Å². The molecule has 2 amide bonds. The van der Waals surface area contributed by atoms with Crippen molar-refractivity contribution in [3.63, 3.8) is 0 Å². The zero-order valence-corrected chi connectivity index (χ0v) is 23.7. The van der Waals surface area contributed by atoms with E-state index in [1.807, 2.05) is 41.3 Å². The average molecular weight is 588 g/mol. The van der Waals surface area contributed by atoms with E-state index in [0.29, 0.717) is 33.7 Å². The number of carbonyl (C=O) groups is 3. The van der Waals surface area contributed by atoms with Gasteiger partial charge in [0.2, 0.25) is 5.91 Å². The van der Waals surface area contributed by atoms with Gasteiger partial charge in [0.1, 0.15) is 0 Å². The summed E-state index contributed by atoms with van der Waals surface area (Å²) in [5, 5.41) is 12.9. The van der Waals surface area contributed by atoms with Crippen LogP contribution in [0.25, 0.3) is 0 Å². The molecule has 204 valence electrons. The van der Waals surface area contributed by atoms with Crippen molar-refractivity contribution >= 4 is 52.6 Å². The van der Waals surface area contributed by atoms with Gasteiger partial charge in [-0.25, -0.2) is 0 Å². The summed E-state index contributed by atoms with van der Waals surface area (Å²) >= 11 is 18.7. The van der Waals surface area contributed by atoms with Gasteiger partial charge < -0.3 is 15.3 Å². The highest BCUT2D eigenvalue weighted by Gasteiger charge is 2.36. The molecule has 39 heavy (non-hydrogen) atoms. The summed E-state index contributed by atoms with van der Waals surface area (Å²) in [7, 11) is 0. The first-order chi connectivity index (χ1) is 18.7. The van der Waals surface area contributed by atoms with Gasteiger partial charge in [0, 0.05) is 30.2 Å². The second-order valence-corrected chi connectivity index (χ2v) is 10.9. The predicted octanol–water partition coefficient (Wildman–Crippen LogP) is 7.06.